The van der Waals surface area contributed by atoms with Crippen LogP contribution in [0, 0.1) is 6.92 Å². The molecule has 2 aromatic heterocycles. The number of hydrogen-bond acceptors (Lipinski definition) is 5. The molecule has 0 spiro atoms. The maximum Gasteiger partial charge on any atom is 0.217 e. The minimum absolute atomic E-state index is 0.0632. The van der Waals surface area contributed by atoms with Crippen LogP contribution in [0.15, 0.2) is 24.4 Å². The molecular weight excluding hydrogens is 294 g/mol. The summed E-state index contributed by atoms with van der Waals surface area (Å²) in [5, 5.41) is 2.75. The van der Waals surface area contributed by atoms with E-state index in [2.05, 4.69) is 25.2 Å². The van der Waals surface area contributed by atoms with Crippen molar-refractivity contribution in [1.29, 1.82) is 0 Å². The van der Waals surface area contributed by atoms with Gasteiger partial charge in [0.2, 0.25) is 5.91 Å². The minimum atomic E-state index is -0.128. The van der Waals surface area contributed by atoms with Crippen LogP contribution in [-0.4, -0.2) is 40.6 Å². The van der Waals surface area contributed by atoms with Gasteiger partial charge in [-0.2, -0.15) is 0 Å². The Balaban J connectivity index is 1.67. The molecule has 0 saturated carbocycles. The fourth-order valence-electron chi connectivity index (χ4n) is 2.58. The molecule has 2 aromatic rings. The lowest BCUT2D eigenvalue weighted by atomic mass is 10.2. The Morgan fingerprint density at radius 3 is 3.17 bits per heavy atom. The number of H-pyrrole nitrogens is 1. The molecule has 3 rings (SSSR count). The number of aromatic nitrogens is 3. The summed E-state index contributed by atoms with van der Waals surface area (Å²) >= 11 is 0. The molecule has 2 N–H and O–H groups in total. The Hall–Kier alpha value is -2.41. The van der Waals surface area contributed by atoms with E-state index in [1.165, 1.54) is 6.92 Å². The molecule has 0 radical (unpaired) electrons. The molecule has 7 nitrogen and oxygen atoms in total. The number of aromatic amines is 1. The third-order valence-electron chi connectivity index (χ3n) is 3.74. The number of anilines is 1. The first-order valence-electron chi connectivity index (χ1n) is 7.70. The van der Waals surface area contributed by atoms with E-state index >= 15 is 0 Å². The average Bonchev–Trinajstić information content (AvgIpc) is 3.02. The molecule has 0 aliphatic carbocycles. The Bertz CT molecular complexity index is 685. The Morgan fingerprint density at radius 2 is 2.39 bits per heavy atom. The number of imidazole rings is 1. The molecule has 1 amide bonds. The van der Waals surface area contributed by atoms with Crippen molar-refractivity contribution in [2.45, 2.75) is 26.5 Å². The number of pyridine rings is 1. The van der Waals surface area contributed by atoms with E-state index in [4.69, 9.17) is 4.74 Å². The Morgan fingerprint density at radius 1 is 1.52 bits per heavy atom. The van der Waals surface area contributed by atoms with Crippen LogP contribution < -0.4 is 10.2 Å². The standard InChI is InChI=1S/C16H21N5O2/c1-11-4-3-5-15(19-11)21-6-7-23-14(10-21)16-18-9-13(20-16)8-17-12(2)22/h3-5,9,14H,6-8,10H2,1-2H3,(H,17,22)(H,18,20)/t14-/m1/s1. The van der Waals surface area contributed by atoms with Gasteiger partial charge in [0.25, 0.3) is 0 Å². The van der Waals surface area contributed by atoms with E-state index in [-0.39, 0.29) is 12.0 Å². The molecule has 1 fully saturated rings. The summed E-state index contributed by atoms with van der Waals surface area (Å²) in [5.41, 5.74) is 1.87. The second-order valence-corrected chi connectivity index (χ2v) is 5.65. The molecule has 0 aromatic carbocycles. The van der Waals surface area contributed by atoms with Gasteiger partial charge in [-0.15, -0.1) is 0 Å². The monoisotopic (exact) mass is 315 g/mol. The fourth-order valence-corrected chi connectivity index (χ4v) is 2.58. The molecule has 23 heavy (non-hydrogen) atoms. The van der Waals surface area contributed by atoms with Crippen LogP contribution in [-0.2, 0) is 16.1 Å². The predicted octanol–water partition coefficient (Wildman–Crippen LogP) is 1.33. The molecule has 1 aliphatic rings. The zero-order valence-corrected chi connectivity index (χ0v) is 13.4. The molecular formula is C16H21N5O2. The van der Waals surface area contributed by atoms with E-state index in [0.717, 1.165) is 29.6 Å². The number of amides is 1. The van der Waals surface area contributed by atoms with Gasteiger partial charge in [0, 0.05) is 19.2 Å². The Kier molecular flexibility index (Phi) is 4.57. The van der Waals surface area contributed by atoms with E-state index in [1.54, 1.807) is 6.20 Å². The molecule has 3 heterocycles. The summed E-state index contributed by atoms with van der Waals surface area (Å²) in [5.74, 6) is 1.68. The zero-order chi connectivity index (χ0) is 16.2. The Labute approximate surface area is 135 Å². The molecule has 0 bridgehead atoms. The van der Waals surface area contributed by atoms with Gasteiger partial charge < -0.3 is 19.9 Å². The quantitative estimate of drug-likeness (QED) is 0.889. The number of rotatable bonds is 4. The third kappa shape index (κ3) is 3.87. The summed E-state index contributed by atoms with van der Waals surface area (Å²) in [6.07, 6.45) is 1.61. The van der Waals surface area contributed by atoms with E-state index in [1.807, 2.05) is 25.1 Å². The number of nitrogens with zero attached hydrogens (tertiary/aromatic N) is 3. The van der Waals surface area contributed by atoms with Crippen LogP contribution in [0.4, 0.5) is 5.82 Å². The molecule has 7 heteroatoms. The van der Waals surface area contributed by atoms with Crippen LogP contribution in [0.25, 0.3) is 0 Å². The normalized spacial score (nSPS) is 18.0. The van der Waals surface area contributed by atoms with E-state index in [9.17, 15) is 4.79 Å². The fraction of sp³-hybridized carbons (Fsp3) is 0.438. The van der Waals surface area contributed by atoms with Gasteiger partial charge in [-0.3, -0.25) is 4.79 Å². The van der Waals surface area contributed by atoms with Gasteiger partial charge in [0.05, 0.1) is 31.6 Å². The number of morpholine rings is 1. The number of aryl methyl sites for hydroxylation is 1. The van der Waals surface area contributed by atoms with Crippen molar-refractivity contribution in [3.05, 3.63) is 41.6 Å². The maximum atomic E-state index is 11.0. The number of carbonyl (C=O) groups is 1. The zero-order valence-electron chi connectivity index (χ0n) is 13.4. The summed E-state index contributed by atoms with van der Waals surface area (Å²) < 4.78 is 5.83. The maximum absolute atomic E-state index is 11.0. The van der Waals surface area contributed by atoms with Crippen LogP contribution in [0.1, 0.15) is 30.2 Å². The number of carbonyl (C=O) groups excluding carboxylic acids is 1. The minimum Gasteiger partial charge on any atom is -0.367 e. The summed E-state index contributed by atoms with van der Waals surface area (Å²) in [7, 11) is 0. The van der Waals surface area contributed by atoms with Crippen molar-refractivity contribution in [2.24, 2.45) is 0 Å². The lowest BCUT2D eigenvalue weighted by Crippen LogP contribution is -2.39. The lowest BCUT2D eigenvalue weighted by Gasteiger charge is -2.33. The van der Waals surface area contributed by atoms with Crippen molar-refractivity contribution in [3.8, 4) is 0 Å². The summed E-state index contributed by atoms with van der Waals surface area (Å²) in [4.78, 5) is 25.4. The second-order valence-electron chi connectivity index (χ2n) is 5.65. The summed E-state index contributed by atoms with van der Waals surface area (Å²) in [6.45, 7) is 6.06. The first-order chi connectivity index (χ1) is 11.1. The SMILES string of the molecule is CC(=O)NCc1cnc([C@H]2CN(c3cccc(C)n3)CCO2)[nH]1. The number of hydrogen-bond donors (Lipinski definition) is 2. The smallest absolute Gasteiger partial charge is 0.217 e. The highest BCUT2D eigenvalue weighted by atomic mass is 16.5. The highest BCUT2D eigenvalue weighted by Gasteiger charge is 2.25. The lowest BCUT2D eigenvalue weighted by molar-refractivity contribution is -0.119. The van der Waals surface area contributed by atoms with Gasteiger partial charge in [-0.1, -0.05) is 6.07 Å². The van der Waals surface area contributed by atoms with Crippen molar-refractivity contribution >= 4 is 11.7 Å². The van der Waals surface area contributed by atoms with E-state index < -0.39 is 0 Å². The average molecular weight is 315 g/mol. The molecule has 1 atom stereocenters. The van der Waals surface area contributed by atoms with Gasteiger partial charge in [-0.05, 0) is 19.1 Å². The second kappa shape index (κ2) is 6.78. The first kappa shape index (κ1) is 15.5. The molecule has 0 unspecified atom stereocenters. The highest BCUT2D eigenvalue weighted by molar-refractivity contribution is 5.72. The van der Waals surface area contributed by atoms with Crippen LogP contribution in [0.2, 0.25) is 0 Å². The highest BCUT2D eigenvalue weighted by Crippen LogP contribution is 2.23. The van der Waals surface area contributed by atoms with Crippen LogP contribution in [0.5, 0.6) is 0 Å². The van der Waals surface area contributed by atoms with E-state index in [0.29, 0.717) is 19.7 Å². The molecule has 1 aliphatic heterocycles. The van der Waals surface area contributed by atoms with Crippen molar-refractivity contribution in [2.75, 3.05) is 24.6 Å². The number of nitrogens with one attached hydrogen (secondary N) is 2. The number of ether oxygens (including phenoxy) is 1. The summed E-state index contributed by atoms with van der Waals surface area (Å²) in [6, 6.07) is 6.02. The van der Waals surface area contributed by atoms with Gasteiger partial charge in [0.15, 0.2) is 0 Å². The predicted molar refractivity (Wildman–Crippen MR) is 86.0 cm³/mol. The van der Waals surface area contributed by atoms with Crippen LogP contribution in [0.3, 0.4) is 0 Å². The first-order valence-corrected chi connectivity index (χ1v) is 7.70. The van der Waals surface area contributed by atoms with Crippen LogP contribution >= 0.6 is 0 Å². The topological polar surface area (TPSA) is 83.1 Å². The van der Waals surface area contributed by atoms with Crippen molar-refractivity contribution < 1.29 is 9.53 Å². The van der Waals surface area contributed by atoms with Crippen molar-refractivity contribution in [3.63, 3.8) is 0 Å². The third-order valence-corrected chi connectivity index (χ3v) is 3.74. The van der Waals surface area contributed by atoms with Gasteiger partial charge >= 0.3 is 0 Å². The molecule has 122 valence electrons. The van der Waals surface area contributed by atoms with Crippen molar-refractivity contribution in [1.82, 2.24) is 20.3 Å². The van der Waals surface area contributed by atoms with Gasteiger partial charge in [-0.25, -0.2) is 9.97 Å². The van der Waals surface area contributed by atoms with Gasteiger partial charge in [0.1, 0.15) is 17.7 Å². The largest absolute Gasteiger partial charge is 0.367 e. The molecule has 1 saturated heterocycles.